The van der Waals surface area contributed by atoms with Gasteiger partial charge in [-0.1, -0.05) is 59.9 Å². The Morgan fingerprint density at radius 1 is 0.970 bits per heavy atom. The molecule has 1 aromatic heterocycles. The van der Waals surface area contributed by atoms with Crippen molar-refractivity contribution in [2.45, 2.75) is 23.7 Å². The first-order chi connectivity index (χ1) is 16.0. The number of carbonyl (C=O) groups is 1. The molecule has 7 nitrogen and oxygen atoms in total. The lowest BCUT2D eigenvalue weighted by molar-refractivity contribution is 0.102. The molecule has 2 heterocycles. The number of para-hydroxylation sites is 1. The normalized spacial score (nSPS) is 17.2. The second-order valence-corrected chi connectivity index (χ2v) is 10.9. The molecule has 5 rings (SSSR count). The van der Waals surface area contributed by atoms with Crippen LogP contribution in [-0.4, -0.2) is 41.9 Å². The SMILES string of the molecule is O=C(Nc1ccccc1)c1nnc([C@H]2CCCN(S(=O)(=O)c3ccc4ccccc4c3)C2)s1. The van der Waals surface area contributed by atoms with Crippen molar-refractivity contribution in [3.63, 3.8) is 0 Å². The lowest BCUT2D eigenvalue weighted by Gasteiger charge is -2.30. The molecule has 4 aromatic rings. The van der Waals surface area contributed by atoms with E-state index in [9.17, 15) is 13.2 Å². The number of carbonyl (C=O) groups excluding carboxylic acids is 1. The van der Waals surface area contributed by atoms with Crippen molar-refractivity contribution in [3.05, 3.63) is 82.8 Å². The molecule has 1 atom stereocenters. The molecule has 0 aliphatic carbocycles. The fraction of sp³-hybridized carbons (Fsp3) is 0.208. The van der Waals surface area contributed by atoms with Crippen LogP contribution >= 0.6 is 11.3 Å². The summed E-state index contributed by atoms with van der Waals surface area (Å²) in [5.74, 6) is -0.411. The van der Waals surface area contributed by atoms with Crippen LogP contribution in [0.1, 0.15) is 33.6 Å². The van der Waals surface area contributed by atoms with Gasteiger partial charge in [-0.3, -0.25) is 4.79 Å². The first-order valence-electron chi connectivity index (χ1n) is 10.7. The van der Waals surface area contributed by atoms with Gasteiger partial charge >= 0.3 is 0 Å². The highest BCUT2D eigenvalue weighted by molar-refractivity contribution is 7.89. The summed E-state index contributed by atoms with van der Waals surface area (Å²) in [5, 5.41) is 13.9. The van der Waals surface area contributed by atoms with Gasteiger partial charge in [-0.15, -0.1) is 10.2 Å². The van der Waals surface area contributed by atoms with E-state index in [1.54, 1.807) is 24.3 Å². The lowest BCUT2D eigenvalue weighted by atomic mass is 10.0. The third kappa shape index (κ3) is 4.52. The molecule has 9 heteroatoms. The van der Waals surface area contributed by atoms with E-state index in [-0.39, 0.29) is 16.8 Å². The van der Waals surface area contributed by atoms with Crippen molar-refractivity contribution in [1.29, 1.82) is 0 Å². The van der Waals surface area contributed by atoms with Crippen LogP contribution in [0.3, 0.4) is 0 Å². The summed E-state index contributed by atoms with van der Waals surface area (Å²) < 4.78 is 28.2. The molecule has 1 amide bonds. The van der Waals surface area contributed by atoms with Gasteiger partial charge in [0, 0.05) is 24.7 Å². The van der Waals surface area contributed by atoms with E-state index in [4.69, 9.17) is 0 Å². The van der Waals surface area contributed by atoms with Gasteiger partial charge in [0.25, 0.3) is 5.91 Å². The summed E-state index contributed by atoms with van der Waals surface area (Å²) in [6.45, 7) is 0.788. The Labute approximate surface area is 196 Å². The fourth-order valence-electron chi connectivity index (χ4n) is 4.04. The molecule has 0 saturated carbocycles. The van der Waals surface area contributed by atoms with Crippen LogP contribution in [-0.2, 0) is 10.0 Å². The molecule has 3 aromatic carbocycles. The molecule has 0 spiro atoms. The predicted octanol–water partition coefficient (Wildman–Crippen LogP) is 4.51. The number of amides is 1. The maximum absolute atomic E-state index is 13.4. The summed E-state index contributed by atoms with van der Waals surface area (Å²) in [7, 11) is -3.63. The number of nitrogens with zero attached hydrogens (tertiary/aromatic N) is 3. The third-order valence-electron chi connectivity index (χ3n) is 5.76. The van der Waals surface area contributed by atoms with Crippen LogP contribution in [0.15, 0.2) is 77.7 Å². The summed E-state index contributed by atoms with van der Waals surface area (Å²) in [6, 6.07) is 22.1. The number of rotatable bonds is 5. The Morgan fingerprint density at radius 3 is 2.55 bits per heavy atom. The van der Waals surface area contributed by atoms with Crippen molar-refractivity contribution in [2.75, 3.05) is 18.4 Å². The van der Waals surface area contributed by atoms with E-state index in [1.165, 1.54) is 15.6 Å². The molecule has 168 valence electrons. The minimum absolute atomic E-state index is 0.0928. The second-order valence-electron chi connectivity index (χ2n) is 7.98. The molecular formula is C24H22N4O3S2. The summed E-state index contributed by atoms with van der Waals surface area (Å²) in [5.41, 5.74) is 0.685. The molecule has 1 N–H and O–H groups in total. The zero-order chi connectivity index (χ0) is 22.8. The smallest absolute Gasteiger partial charge is 0.286 e. The van der Waals surface area contributed by atoms with E-state index >= 15 is 0 Å². The molecule has 1 saturated heterocycles. The third-order valence-corrected chi connectivity index (χ3v) is 8.70. The van der Waals surface area contributed by atoms with Gasteiger partial charge in [0.1, 0.15) is 5.01 Å². The van der Waals surface area contributed by atoms with Crippen molar-refractivity contribution >= 4 is 43.7 Å². The van der Waals surface area contributed by atoms with Crippen LogP contribution in [0.4, 0.5) is 5.69 Å². The minimum atomic E-state index is -3.63. The Kier molecular flexibility index (Phi) is 5.92. The van der Waals surface area contributed by atoms with Gasteiger partial charge < -0.3 is 5.32 Å². The zero-order valence-corrected chi connectivity index (χ0v) is 19.3. The molecule has 1 aliphatic rings. The monoisotopic (exact) mass is 478 g/mol. The van der Waals surface area contributed by atoms with Crippen LogP contribution in [0, 0.1) is 0 Å². The van der Waals surface area contributed by atoms with E-state index in [0.29, 0.717) is 28.7 Å². The number of benzene rings is 3. The van der Waals surface area contributed by atoms with Gasteiger partial charge in [-0.2, -0.15) is 4.31 Å². The van der Waals surface area contributed by atoms with E-state index in [1.807, 2.05) is 48.5 Å². The summed E-state index contributed by atoms with van der Waals surface area (Å²) in [6.07, 6.45) is 1.53. The van der Waals surface area contributed by atoms with E-state index in [0.717, 1.165) is 23.6 Å². The van der Waals surface area contributed by atoms with Gasteiger partial charge in [-0.05, 0) is 47.9 Å². The molecule has 0 radical (unpaired) electrons. The maximum Gasteiger partial charge on any atom is 0.286 e. The summed E-state index contributed by atoms with van der Waals surface area (Å²) in [4.78, 5) is 12.8. The van der Waals surface area contributed by atoms with Crippen LogP contribution in [0.5, 0.6) is 0 Å². The number of hydrogen-bond acceptors (Lipinski definition) is 6. The largest absolute Gasteiger partial charge is 0.320 e. The second kappa shape index (κ2) is 9.01. The first-order valence-corrected chi connectivity index (χ1v) is 12.9. The molecule has 0 bridgehead atoms. The number of hydrogen-bond donors (Lipinski definition) is 1. The number of sulfonamides is 1. The lowest BCUT2D eigenvalue weighted by Crippen LogP contribution is -2.39. The fourth-order valence-corrected chi connectivity index (χ4v) is 6.46. The quantitative estimate of drug-likeness (QED) is 0.456. The average Bonchev–Trinajstić information content (AvgIpc) is 3.35. The average molecular weight is 479 g/mol. The van der Waals surface area contributed by atoms with Gasteiger partial charge in [0.2, 0.25) is 15.0 Å². The zero-order valence-electron chi connectivity index (χ0n) is 17.7. The predicted molar refractivity (Wildman–Crippen MR) is 129 cm³/mol. The standard InChI is InChI=1S/C24H22N4O3S2/c29-22(25-20-10-2-1-3-11-20)24-27-26-23(32-24)19-9-6-14-28(16-19)33(30,31)21-13-12-17-7-4-5-8-18(17)15-21/h1-5,7-8,10-13,15,19H,6,9,14,16H2,(H,25,29)/t19-/m0/s1. The van der Waals surface area contributed by atoms with Crippen molar-refractivity contribution in [3.8, 4) is 0 Å². The van der Waals surface area contributed by atoms with Crippen molar-refractivity contribution in [1.82, 2.24) is 14.5 Å². The Balaban J connectivity index is 1.33. The summed E-state index contributed by atoms with van der Waals surface area (Å²) >= 11 is 1.22. The molecular weight excluding hydrogens is 456 g/mol. The first kappa shape index (κ1) is 21.7. The van der Waals surface area contributed by atoms with Crippen LogP contribution < -0.4 is 5.32 Å². The van der Waals surface area contributed by atoms with E-state index < -0.39 is 10.0 Å². The highest BCUT2D eigenvalue weighted by Crippen LogP contribution is 2.32. The Morgan fingerprint density at radius 2 is 1.73 bits per heavy atom. The molecule has 33 heavy (non-hydrogen) atoms. The molecule has 1 fully saturated rings. The highest BCUT2D eigenvalue weighted by atomic mass is 32.2. The van der Waals surface area contributed by atoms with Gasteiger partial charge in [0.15, 0.2) is 0 Å². The molecule has 1 aliphatic heterocycles. The van der Waals surface area contributed by atoms with Gasteiger partial charge in [-0.25, -0.2) is 8.42 Å². The van der Waals surface area contributed by atoms with Crippen LogP contribution in [0.2, 0.25) is 0 Å². The number of piperidine rings is 1. The number of fused-ring (bicyclic) bond motifs is 1. The highest BCUT2D eigenvalue weighted by Gasteiger charge is 2.33. The number of nitrogens with one attached hydrogen (secondary N) is 1. The van der Waals surface area contributed by atoms with Crippen LogP contribution in [0.25, 0.3) is 10.8 Å². The topological polar surface area (TPSA) is 92.3 Å². The van der Waals surface area contributed by atoms with Crippen molar-refractivity contribution < 1.29 is 13.2 Å². The minimum Gasteiger partial charge on any atom is -0.320 e. The van der Waals surface area contributed by atoms with Crippen molar-refractivity contribution in [2.24, 2.45) is 0 Å². The number of anilines is 1. The van der Waals surface area contributed by atoms with Gasteiger partial charge in [0.05, 0.1) is 4.90 Å². The number of aromatic nitrogens is 2. The van der Waals surface area contributed by atoms with E-state index in [2.05, 4.69) is 15.5 Å². The Hall–Kier alpha value is -3.14. The maximum atomic E-state index is 13.4. The molecule has 0 unspecified atom stereocenters. The Bertz CT molecular complexity index is 1400.